The number of likely N-dealkylation sites (tertiary alicyclic amines) is 1. The highest BCUT2D eigenvalue weighted by Crippen LogP contribution is 2.29. The van der Waals surface area contributed by atoms with Crippen molar-refractivity contribution in [2.24, 2.45) is 0 Å². The van der Waals surface area contributed by atoms with Gasteiger partial charge in [-0.25, -0.2) is 4.98 Å². The maximum Gasteiger partial charge on any atom is 0.254 e. The third kappa shape index (κ3) is 5.46. The van der Waals surface area contributed by atoms with E-state index in [0.29, 0.717) is 17.1 Å². The van der Waals surface area contributed by atoms with E-state index in [0.717, 1.165) is 23.7 Å². The van der Waals surface area contributed by atoms with E-state index in [-0.39, 0.29) is 11.9 Å². The second-order valence-electron chi connectivity index (χ2n) is 7.51. The van der Waals surface area contributed by atoms with Gasteiger partial charge in [0.1, 0.15) is 10.8 Å². The molecule has 5 nitrogen and oxygen atoms in total. The molecule has 0 bridgehead atoms. The molecular weight excluding hydrogens is 406 g/mol. The summed E-state index contributed by atoms with van der Waals surface area (Å²) in [5.41, 5.74) is 1.79. The Morgan fingerprint density at radius 3 is 2.52 bits per heavy atom. The van der Waals surface area contributed by atoms with Crippen LogP contribution in [-0.4, -0.2) is 42.5 Å². The Hall–Kier alpha value is -2.83. The summed E-state index contributed by atoms with van der Waals surface area (Å²) in [6.45, 7) is 2.65. The van der Waals surface area contributed by atoms with Gasteiger partial charge in [-0.2, -0.15) is 0 Å². The standard InChI is InChI=1S/C25H27N3O2S/c1-30-20-13-11-19(12-14-20)23(28-16-5-6-17-28)18-27-24(29)22-10-7-15-26-25(22)31-21-8-3-2-4-9-21/h2-4,7-15,23H,5-6,16-18H2,1H3,(H,27,29). The first-order valence-electron chi connectivity index (χ1n) is 10.6. The lowest BCUT2D eigenvalue weighted by molar-refractivity contribution is 0.0934. The fourth-order valence-corrected chi connectivity index (χ4v) is 4.77. The molecule has 1 saturated heterocycles. The van der Waals surface area contributed by atoms with Crippen molar-refractivity contribution < 1.29 is 9.53 Å². The SMILES string of the molecule is COc1ccc(C(CNC(=O)c2cccnc2Sc2ccccc2)N2CCCC2)cc1. The van der Waals surface area contributed by atoms with Crippen molar-refractivity contribution in [2.45, 2.75) is 28.8 Å². The number of carbonyl (C=O) groups excluding carboxylic acids is 1. The molecule has 0 aliphatic carbocycles. The van der Waals surface area contributed by atoms with E-state index < -0.39 is 0 Å². The van der Waals surface area contributed by atoms with Crippen molar-refractivity contribution in [1.29, 1.82) is 0 Å². The van der Waals surface area contributed by atoms with Crippen LogP contribution in [0.3, 0.4) is 0 Å². The highest BCUT2D eigenvalue weighted by molar-refractivity contribution is 7.99. The normalized spacial score (nSPS) is 14.9. The van der Waals surface area contributed by atoms with Gasteiger partial charge in [-0.3, -0.25) is 9.69 Å². The summed E-state index contributed by atoms with van der Waals surface area (Å²) in [6, 6.07) is 21.9. The van der Waals surface area contributed by atoms with E-state index in [2.05, 4.69) is 27.3 Å². The highest BCUT2D eigenvalue weighted by Gasteiger charge is 2.24. The van der Waals surface area contributed by atoms with Crippen molar-refractivity contribution in [3.8, 4) is 5.75 Å². The Bertz CT molecular complexity index is 989. The molecule has 0 radical (unpaired) electrons. The van der Waals surface area contributed by atoms with Crippen molar-refractivity contribution in [2.75, 3.05) is 26.7 Å². The number of hydrogen-bond donors (Lipinski definition) is 1. The first-order valence-corrected chi connectivity index (χ1v) is 11.4. The average molecular weight is 434 g/mol. The van der Waals surface area contributed by atoms with Crippen LogP contribution in [0.5, 0.6) is 5.75 Å². The molecule has 160 valence electrons. The molecule has 1 N–H and O–H groups in total. The van der Waals surface area contributed by atoms with Crippen LogP contribution in [0, 0.1) is 0 Å². The number of amides is 1. The molecule has 2 aromatic carbocycles. The summed E-state index contributed by atoms with van der Waals surface area (Å²) >= 11 is 1.51. The lowest BCUT2D eigenvalue weighted by Gasteiger charge is -2.28. The number of rotatable bonds is 8. The predicted molar refractivity (Wildman–Crippen MR) is 124 cm³/mol. The van der Waals surface area contributed by atoms with E-state index in [1.54, 1.807) is 13.3 Å². The van der Waals surface area contributed by atoms with Gasteiger partial charge in [0.05, 0.1) is 18.7 Å². The average Bonchev–Trinajstić information content (AvgIpc) is 3.35. The molecule has 0 spiro atoms. The van der Waals surface area contributed by atoms with Crippen molar-refractivity contribution in [1.82, 2.24) is 15.2 Å². The third-order valence-electron chi connectivity index (χ3n) is 5.51. The topological polar surface area (TPSA) is 54.5 Å². The van der Waals surface area contributed by atoms with Gasteiger partial charge in [-0.05, 0) is 67.9 Å². The van der Waals surface area contributed by atoms with Crippen LogP contribution >= 0.6 is 11.8 Å². The fraction of sp³-hybridized carbons (Fsp3) is 0.280. The third-order valence-corrected chi connectivity index (χ3v) is 6.54. The van der Waals surface area contributed by atoms with Gasteiger partial charge in [0.15, 0.2) is 0 Å². The van der Waals surface area contributed by atoms with E-state index in [1.165, 1.54) is 30.2 Å². The van der Waals surface area contributed by atoms with Crippen molar-refractivity contribution in [3.05, 3.63) is 84.1 Å². The number of hydrogen-bond acceptors (Lipinski definition) is 5. The minimum Gasteiger partial charge on any atom is -0.497 e. The minimum absolute atomic E-state index is 0.0933. The van der Waals surface area contributed by atoms with Gasteiger partial charge < -0.3 is 10.1 Å². The molecule has 3 aromatic rings. The quantitative estimate of drug-likeness (QED) is 0.553. The number of nitrogens with zero attached hydrogens (tertiary/aromatic N) is 2. The van der Waals surface area contributed by atoms with E-state index in [1.807, 2.05) is 54.6 Å². The lowest BCUT2D eigenvalue weighted by atomic mass is 10.0. The number of aromatic nitrogens is 1. The molecule has 1 fully saturated rings. The van der Waals surface area contributed by atoms with Crippen LogP contribution < -0.4 is 10.1 Å². The number of carbonyl (C=O) groups is 1. The number of pyridine rings is 1. The second-order valence-corrected chi connectivity index (χ2v) is 8.58. The van der Waals surface area contributed by atoms with E-state index in [4.69, 9.17) is 4.74 Å². The van der Waals surface area contributed by atoms with Crippen LogP contribution in [0.15, 0.2) is 82.8 Å². The molecule has 31 heavy (non-hydrogen) atoms. The molecule has 1 aliphatic heterocycles. The van der Waals surface area contributed by atoms with Crippen molar-refractivity contribution >= 4 is 17.7 Å². The van der Waals surface area contributed by atoms with Gasteiger partial charge in [0.25, 0.3) is 5.91 Å². The monoisotopic (exact) mass is 433 g/mol. The van der Waals surface area contributed by atoms with Crippen molar-refractivity contribution in [3.63, 3.8) is 0 Å². The zero-order valence-electron chi connectivity index (χ0n) is 17.7. The van der Waals surface area contributed by atoms with Crippen LogP contribution in [0.25, 0.3) is 0 Å². The molecule has 4 rings (SSSR count). The van der Waals surface area contributed by atoms with Gasteiger partial charge in [0.2, 0.25) is 0 Å². The molecule has 1 amide bonds. The maximum absolute atomic E-state index is 13.1. The Morgan fingerprint density at radius 1 is 1.06 bits per heavy atom. The number of ether oxygens (including phenoxy) is 1. The summed E-state index contributed by atoms with van der Waals surface area (Å²) in [4.78, 5) is 21.1. The molecule has 1 aliphatic rings. The van der Waals surface area contributed by atoms with E-state index in [9.17, 15) is 4.79 Å². The first-order chi connectivity index (χ1) is 15.2. The Balaban J connectivity index is 1.49. The number of benzene rings is 2. The smallest absolute Gasteiger partial charge is 0.254 e. The summed E-state index contributed by atoms with van der Waals surface area (Å²) < 4.78 is 5.30. The second kappa shape index (κ2) is 10.5. The zero-order chi connectivity index (χ0) is 21.5. The summed E-state index contributed by atoms with van der Waals surface area (Å²) in [5, 5.41) is 3.88. The molecule has 1 aromatic heterocycles. The minimum atomic E-state index is -0.0933. The summed E-state index contributed by atoms with van der Waals surface area (Å²) in [5.74, 6) is 0.745. The van der Waals surface area contributed by atoms with Crippen LogP contribution in [0.4, 0.5) is 0 Å². The van der Waals surface area contributed by atoms with E-state index >= 15 is 0 Å². The molecule has 0 saturated carbocycles. The number of methoxy groups -OCH3 is 1. The van der Waals surface area contributed by atoms with Gasteiger partial charge in [-0.1, -0.05) is 42.1 Å². The van der Waals surface area contributed by atoms with Gasteiger partial charge in [0, 0.05) is 17.6 Å². The lowest BCUT2D eigenvalue weighted by Crippen LogP contribution is -2.37. The van der Waals surface area contributed by atoms with Crippen LogP contribution in [-0.2, 0) is 0 Å². The summed E-state index contributed by atoms with van der Waals surface area (Å²) in [6.07, 6.45) is 4.12. The molecule has 1 unspecified atom stereocenters. The first kappa shape index (κ1) is 21.4. The Morgan fingerprint density at radius 2 is 1.81 bits per heavy atom. The molecule has 2 heterocycles. The molecule has 1 atom stereocenters. The fourth-order valence-electron chi connectivity index (χ4n) is 3.87. The zero-order valence-corrected chi connectivity index (χ0v) is 18.5. The maximum atomic E-state index is 13.1. The summed E-state index contributed by atoms with van der Waals surface area (Å²) in [7, 11) is 1.67. The molecule has 6 heteroatoms. The van der Waals surface area contributed by atoms with Gasteiger partial charge >= 0.3 is 0 Å². The Kier molecular flexibility index (Phi) is 7.22. The highest BCUT2D eigenvalue weighted by atomic mass is 32.2. The Labute approximate surface area is 187 Å². The largest absolute Gasteiger partial charge is 0.497 e. The van der Waals surface area contributed by atoms with Gasteiger partial charge in [-0.15, -0.1) is 0 Å². The molecular formula is C25H27N3O2S. The van der Waals surface area contributed by atoms with Crippen LogP contribution in [0.2, 0.25) is 0 Å². The number of nitrogens with one attached hydrogen (secondary N) is 1. The van der Waals surface area contributed by atoms with Crippen LogP contribution in [0.1, 0.15) is 34.8 Å². The predicted octanol–water partition coefficient (Wildman–Crippen LogP) is 4.81.